The van der Waals surface area contributed by atoms with Crippen LogP contribution in [0.4, 0.5) is 5.69 Å². The first-order valence-electron chi connectivity index (χ1n) is 10.7. The van der Waals surface area contributed by atoms with Gasteiger partial charge in [0.15, 0.2) is 0 Å². The van der Waals surface area contributed by atoms with Gasteiger partial charge in [-0.3, -0.25) is 14.4 Å². The second-order valence-electron chi connectivity index (χ2n) is 8.25. The van der Waals surface area contributed by atoms with Crippen molar-refractivity contribution in [1.29, 1.82) is 0 Å². The molecule has 2 heterocycles. The summed E-state index contributed by atoms with van der Waals surface area (Å²) in [5.74, 6) is -0.344. The summed E-state index contributed by atoms with van der Waals surface area (Å²) in [6, 6.07) is 8.60. The molecule has 2 aliphatic rings. The van der Waals surface area contributed by atoms with Crippen LogP contribution >= 0.6 is 11.6 Å². The van der Waals surface area contributed by atoms with Crippen LogP contribution < -0.4 is 10.6 Å². The maximum Gasteiger partial charge on any atom is 0.253 e. The van der Waals surface area contributed by atoms with E-state index in [9.17, 15) is 14.4 Å². The van der Waals surface area contributed by atoms with Gasteiger partial charge in [-0.25, -0.2) is 0 Å². The first kappa shape index (κ1) is 21.4. The van der Waals surface area contributed by atoms with Gasteiger partial charge in [-0.05, 0) is 43.2 Å². The molecule has 1 aromatic heterocycles. The number of hydrogen-bond donors (Lipinski definition) is 2. The van der Waals surface area contributed by atoms with E-state index in [-0.39, 0.29) is 30.2 Å². The Kier molecular flexibility index (Phi) is 6.61. The summed E-state index contributed by atoms with van der Waals surface area (Å²) < 4.78 is 5.29. The molecule has 1 aliphatic heterocycles. The Morgan fingerprint density at radius 3 is 2.71 bits per heavy atom. The Morgan fingerprint density at radius 2 is 1.97 bits per heavy atom. The zero-order valence-corrected chi connectivity index (χ0v) is 18.0. The summed E-state index contributed by atoms with van der Waals surface area (Å²) in [7, 11) is 0. The molecule has 8 heteroatoms. The lowest BCUT2D eigenvalue weighted by Gasteiger charge is -2.23. The van der Waals surface area contributed by atoms with Crippen LogP contribution in [0.1, 0.15) is 54.6 Å². The molecule has 1 aliphatic carbocycles. The van der Waals surface area contributed by atoms with E-state index >= 15 is 0 Å². The number of carbonyl (C=O) groups excluding carboxylic acids is 3. The molecule has 2 N–H and O–H groups in total. The van der Waals surface area contributed by atoms with Gasteiger partial charge in [-0.1, -0.05) is 30.9 Å². The normalized spacial score (nSPS) is 19.5. The van der Waals surface area contributed by atoms with Gasteiger partial charge in [0.2, 0.25) is 11.8 Å². The Balaban J connectivity index is 1.37. The molecule has 7 nitrogen and oxygen atoms in total. The van der Waals surface area contributed by atoms with Crippen LogP contribution in [0, 0.1) is 5.92 Å². The number of hydrogen-bond acceptors (Lipinski definition) is 4. The molecule has 2 fully saturated rings. The summed E-state index contributed by atoms with van der Waals surface area (Å²) in [6.45, 7) is 0.677. The highest BCUT2D eigenvalue weighted by molar-refractivity contribution is 6.34. The van der Waals surface area contributed by atoms with Gasteiger partial charge in [0.1, 0.15) is 5.76 Å². The number of furan rings is 1. The number of likely N-dealkylation sites (tertiary alicyclic amines) is 1. The first-order chi connectivity index (χ1) is 15.0. The molecule has 0 bridgehead atoms. The Hall–Kier alpha value is -2.80. The maximum absolute atomic E-state index is 12.7. The highest BCUT2D eigenvalue weighted by Crippen LogP contribution is 2.25. The summed E-state index contributed by atoms with van der Waals surface area (Å²) >= 11 is 6.24. The fraction of sp³-hybridized carbons (Fsp3) is 0.435. The minimum Gasteiger partial charge on any atom is -0.467 e. The van der Waals surface area contributed by atoms with Crippen molar-refractivity contribution in [2.75, 3.05) is 11.9 Å². The molecule has 4 rings (SSSR count). The summed E-state index contributed by atoms with van der Waals surface area (Å²) in [6.07, 6.45) is 7.10. The minimum absolute atomic E-state index is 0.0831. The van der Waals surface area contributed by atoms with E-state index in [0.29, 0.717) is 35.1 Å². The van der Waals surface area contributed by atoms with Crippen molar-refractivity contribution < 1.29 is 18.8 Å². The van der Waals surface area contributed by atoms with Gasteiger partial charge in [-0.15, -0.1) is 0 Å². The standard InChI is InChI=1S/C23H26ClN3O4/c24-20-9-8-17(12-19(20)23(30)25-16-5-2-1-3-6-16)26-22(29)15-11-21(28)27(13-15)14-18-7-4-10-31-18/h4,7-10,12,15-16H,1-3,5-6,11,13-14H2,(H,25,30)(H,26,29). The van der Waals surface area contributed by atoms with Crippen LogP contribution in [0.15, 0.2) is 41.0 Å². The average molecular weight is 444 g/mol. The number of carbonyl (C=O) groups is 3. The maximum atomic E-state index is 12.7. The van der Waals surface area contributed by atoms with Crippen LogP contribution in [0.2, 0.25) is 5.02 Å². The van der Waals surface area contributed by atoms with E-state index in [1.807, 2.05) is 0 Å². The second-order valence-corrected chi connectivity index (χ2v) is 8.65. The SMILES string of the molecule is O=C(NC1CCCCC1)c1cc(NC(=O)C2CC(=O)N(Cc3ccco3)C2)ccc1Cl. The fourth-order valence-corrected chi connectivity index (χ4v) is 4.43. The van der Waals surface area contributed by atoms with Gasteiger partial charge in [0.05, 0.1) is 29.3 Å². The zero-order chi connectivity index (χ0) is 21.8. The van der Waals surface area contributed by atoms with E-state index in [1.165, 1.54) is 6.42 Å². The lowest BCUT2D eigenvalue weighted by molar-refractivity contribution is -0.128. The number of anilines is 1. The third-order valence-corrected chi connectivity index (χ3v) is 6.26. The lowest BCUT2D eigenvalue weighted by Crippen LogP contribution is -2.36. The first-order valence-corrected chi connectivity index (χ1v) is 11.1. The smallest absolute Gasteiger partial charge is 0.253 e. The number of nitrogens with zero attached hydrogens (tertiary/aromatic N) is 1. The Morgan fingerprint density at radius 1 is 1.16 bits per heavy atom. The third-order valence-electron chi connectivity index (χ3n) is 5.93. The number of nitrogens with one attached hydrogen (secondary N) is 2. The van der Waals surface area contributed by atoms with Crippen molar-refractivity contribution in [3.63, 3.8) is 0 Å². The lowest BCUT2D eigenvalue weighted by atomic mass is 9.95. The highest BCUT2D eigenvalue weighted by atomic mass is 35.5. The van der Waals surface area contributed by atoms with Crippen molar-refractivity contribution in [3.8, 4) is 0 Å². The zero-order valence-electron chi connectivity index (χ0n) is 17.2. The second kappa shape index (κ2) is 9.56. The van der Waals surface area contributed by atoms with Crippen LogP contribution in [0.5, 0.6) is 0 Å². The summed E-state index contributed by atoms with van der Waals surface area (Å²) in [5.41, 5.74) is 0.826. The van der Waals surface area contributed by atoms with E-state index in [1.54, 1.807) is 41.5 Å². The van der Waals surface area contributed by atoms with Crippen molar-refractivity contribution in [3.05, 3.63) is 52.9 Å². The Bertz CT molecular complexity index is 954. The molecule has 1 saturated carbocycles. The molecule has 1 saturated heterocycles. The molecule has 1 unspecified atom stereocenters. The van der Waals surface area contributed by atoms with Crippen LogP contribution in [-0.4, -0.2) is 35.2 Å². The molecule has 2 aromatic rings. The number of benzene rings is 1. The molecule has 1 aromatic carbocycles. The van der Waals surface area contributed by atoms with Crippen molar-refractivity contribution >= 4 is 35.0 Å². The minimum atomic E-state index is -0.461. The average Bonchev–Trinajstić information content (AvgIpc) is 3.40. The van der Waals surface area contributed by atoms with Crippen molar-refractivity contribution in [1.82, 2.24) is 10.2 Å². The topological polar surface area (TPSA) is 91.7 Å². The summed E-state index contributed by atoms with van der Waals surface area (Å²) in [5, 5.41) is 6.22. The van der Waals surface area contributed by atoms with Gasteiger partial charge in [0, 0.05) is 24.7 Å². The predicted octanol–water partition coefficient (Wildman–Crippen LogP) is 3.98. The van der Waals surface area contributed by atoms with E-state index in [2.05, 4.69) is 10.6 Å². The molecular formula is C23H26ClN3O4. The van der Waals surface area contributed by atoms with Gasteiger partial charge >= 0.3 is 0 Å². The quantitative estimate of drug-likeness (QED) is 0.706. The molecule has 3 amide bonds. The van der Waals surface area contributed by atoms with Crippen LogP contribution in [0.25, 0.3) is 0 Å². The molecular weight excluding hydrogens is 418 g/mol. The number of rotatable bonds is 6. The predicted molar refractivity (Wildman–Crippen MR) is 117 cm³/mol. The number of amides is 3. The molecule has 0 spiro atoms. The van der Waals surface area contributed by atoms with Crippen LogP contribution in [0.3, 0.4) is 0 Å². The number of halogens is 1. The van der Waals surface area contributed by atoms with E-state index in [0.717, 1.165) is 25.7 Å². The van der Waals surface area contributed by atoms with Gasteiger partial charge < -0.3 is 20.0 Å². The van der Waals surface area contributed by atoms with Crippen molar-refractivity contribution in [2.45, 2.75) is 51.1 Å². The monoisotopic (exact) mass is 443 g/mol. The third kappa shape index (κ3) is 5.28. The molecule has 31 heavy (non-hydrogen) atoms. The van der Waals surface area contributed by atoms with E-state index in [4.69, 9.17) is 16.0 Å². The van der Waals surface area contributed by atoms with Crippen molar-refractivity contribution in [2.24, 2.45) is 5.92 Å². The fourth-order valence-electron chi connectivity index (χ4n) is 4.22. The molecule has 164 valence electrons. The summed E-state index contributed by atoms with van der Waals surface area (Å²) in [4.78, 5) is 39.3. The van der Waals surface area contributed by atoms with E-state index < -0.39 is 5.92 Å². The van der Waals surface area contributed by atoms with Gasteiger partial charge in [0.25, 0.3) is 5.91 Å². The highest BCUT2D eigenvalue weighted by Gasteiger charge is 2.34. The van der Waals surface area contributed by atoms with Crippen LogP contribution in [-0.2, 0) is 16.1 Å². The molecule has 0 radical (unpaired) electrons. The molecule has 1 atom stereocenters. The largest absolute Gasteiger partial charge is 0.467 e. The Labute approximate surface area is 186 Å². The van der Waals surface area contributed by atoms with Gasteiger partial charge in [-0.2, -0.15) is 0 Å².